The van der Waals surface area contributed by atoms with Gasteiger partial charge in [-0.05, 0) is 30.3 Å². The van der Waals surface area contributed by atoms with Crippen LogP contribution in [0.4, 0.5) is 18.9 Å². The molecule has 112 valence electrons. The Kier molecular flexibility index (Phi) is 4.22. The van der Waals surface area contributed by atoms with Crippen molar-refractivity contribution in [1.82, 2.24) is 0 Å². The molecule has 1 aromatic heterocycles. The Bertz CT molecular complexity index is 638. The summed E-state index contributed by atoms with van der Waals surface area (Å²) in [5.41, 5.74) is 5.48. The van der Waals surface area contributed by atoms with Crippen LogP contribution in [-0.2, 0) is 12.7 Å². The lowest BCUT2D eigenvalue weighted by atomic mass is 10.1. The van der Waals surface area contributed by atoms with Crippen LogP contribution in [-0.4, -0.2) is 12.0 Å². The van der Waals surface area contributed by atoms with E-state index >= 15 is 0 Å². The summed E-state index contributed by atoms with van der Waals surface area (Å²) in [6.07, 6.45) is -2.90. The van der Waals surface area contributed by atoms with E-state index < -0.39 is 11.7 Å². The number of rotatable bonds is 4. The summed E-state index contributed by atoms with van der Waals surface area (Å²) < 4.78 is 43.5. The summed E-state index contributed by atoms with van der Waals surface area (Å²) in [5.74, 6) is 0.686. The van der Waals surface area contributed by atoms with Gasteiger partial charge in [-0.25, -0.2) is 0 Å². The van der Waals surface area contributed by atoms with E-state index in [9.17, 15) is 13.2 Å². The van der Waals surface area contributed by atoms with Crippen molar-refractivity contribution in [3.05, 3.63) is 53.5 Å². The molecule has 0 fully saturated rings. The van der Waals surface area contributed by atoms with Gasteiger partial charge in [0.1, 0.15) is 10.7 Å². The molecule has 0 atom stereocenters. The standard InChI is InChI=1S/C14H13F3N2OS/c1-19(8-10-3-2-6-20-10)12-5-4-9(14(15,16)17)7-11(12)13(18)21/h2-7H,8H2,1H3,(H2,18,21). The van der Waals surface area contributed by atoms with E-state index in [2.05, 4.69) is 0 Å². The second-order valence-electron chi connectivity index (χ2n) is 4.53. The number of thiocarbonyl (C=S) groups is 1. The average molecular weight is 314 g/mol. The van der Waals surface area contributed by atoms with E-state index in [1.54, 1.807) is 24.1 Å². The van der Waals surface area contributed by atoms with Crippen molar-refractivity contribution in [2.24, 2.45) is 5.73 Å². The van der Waals surface area contributed by atoms with E-state index in [1.165, 1.54) is 12.3 Å². The zero-order valence-corrected chi connectivity index (χ0v) is 12.0. The number of furan rings is 1. The summed E-state index contributed by atoms with van der Waals surface area (Å²) in [7, 11) is 1.73. The molecule has 2 aromatic rings. The van der Waals surface area contributed by atoms with Gasteiger partial charge in [-0.1, -0.05) is 12.2 Å². The van der Waals surface area contributed by atoms with Crippen LogP contribution in [0.3, 0.4) is 0 Å². The molecule has 0 aliphatic carbocycles. The minimum absolute atomic E-state index is 0.0811. The fourth-order valence-electron chi connectivity index (χ4n) is 1.96. The lowest BCUT2D eigenvalue weighted by Crippen LogP contribution is -2.22. The van der Waals surface area contributed by atoms with Gasteiger partial charge in [-0.2, -0.15) is 13.2 Å². The van der Waals surface area contributed by atoms with E-state index in [1.807, 2.05) is 0 Å². The van der Waals surface area contributed by atoms with E-state index in [4.69, 9.17) is 22.4 Å². The summed E-state index contributed by atoms with van der Waals surface area (Å²) in [6, 6.07) is 6.86. The third kappa shape index (κ3) is 3.55. The predicted octanol–water partition coefficient (Wildman–Crippen LogP) is 3.57. The number of nitrogens with two attached hydrogens (primary N) is 1. The molecule has 7 heteroatoms. The lowest BCUT2D eigenvalue weighted by molar-refractivity contribution is -0.137. The first-order valence-corrected chi connectivity index (χ1v) is 6.44. The molecule has 3 nitrogen and oxygen atoms in total. The van der Waals surface area contributed by atoms with Crippen molar-refractivity contribution >= 4 is 22.9 Å². The first-order valence-electron chi connectivity index (χ1n) is 6.03. The number of hydrogen-bond acceptors (Lipinski definition) is 3. The van der Waals surface area contributed by atoms with Gasteiger partial charge in [0.25, 0.3) is 0 Å². The van der Waals surface area contributed by atoms with Crippen molar-refractivity contribution in [1.29, 1.82) is 0 Å². The topological polar surface area (TPSA) is 42.4 Å². The molecule has 0 spiro atoms. The number of anilines is 1. The Morgan fingerprint density at radius 2 is 2.05 bits per heavy atom. The predicted molar refractivity (Wildman–Crippen MR) is 78.1 cm³/mol. The Balaban J connectivity index is 2.36. The third-order valence-electron chi connectivity index (χ3n) is 2.97. The number of alkyl halides is 3. The molecule has 21 heavy (non-hydrogen) atoms. The van der Waals surface area contributed by atoms with E-state index in [0.29, 0.717) is 18.0 Å². The molecule has 0 radical (unpaired) electrons. The van der Waals surface area contributed by atoms with Gasteiger partial charge in [-0.3, -0.25) is 0 Å². The maximum absolute atomic E-state index is 12.8. The van der Waals surface area contributed by atoms with Gasteiger partial charge in [-0.15, -0.1) is 0 Å². The molecule has 2 rings (SSSR count). The summed E-state index contributed by atoms with van der Waals surface area (Å²) >= 11 is 4.86. The van der Waals surface area contributed by atoms with Gasteiger partial charge in [0.05, 0.1) is 18.4 Å². The van der Waals surface area contributed by atoms with Gasteiger partial charge >= 0.3 is 6.18 Å². The van der Waals surface area contributed by atoms with E-state index in [-0.39, 0.29) is 10.6 Å². The van der Waals surface area contributed by atoms with Crippen LogP contribution in [0, 0.1) is 0 Å². The Labute approximate surface area is 125 Å². The highest BCUT2D eigenvalue weighted by molar-refractivity contribution is 7.80. The van der Waals surface area contributed by atoms with Crippen LogP contribution in [0.5, 0.6) is 0 Å². The average Bonchev–Trinajstić information content (AvgIpc) is 2.89. The summed E-state index contributed by atoms with van der Waals surface area (Å²) in [6.45, 7) is 0.397. The van der Waals surface area contributed by atoms with Gasteiger partial charge in [0.15, 0.2) is 0 Å². The van der Waals surface area contributed by atoms with Crippen LogP contribution >= 0.6 is 12.2 Å². The highest BCUT2D eigenvalue weighted by Crippen LogP contribution is 2.33. The number of nitrogens with zero attached hydrogens (tertiary/aromatic N) is 1. The highest BCUT2D eigenvalue weighted by atomic mass is 32.1. The highest BCUT2D eigenvalue weighted by Gasteiger charge is 2.31. The van der Waals surface area contributed by atoms with Crippen molar-refractivity contribution in [2.45, 2.75) is 12.7 Å². The quantitative estimate of drug-likeness (QED) is 0.876. The van der Waals surface area contributed by atoms with Gasteiger partial charge < -0.3 is 15.1 Å². The van der Waals surface area contributed by atoms with E-state index in [0.717, 1.165) is 12.1 Å². The normalized spacial score (nSPS) is 11.4. The molecule has 0 aliphatic heterocycles. The number of hydrogen-bond donors (Lipinski definition) is 1. The SMILES string of the molecule is CN(Cc1ccco1)c1ccc(C(F)(F)F)cc1C(N)=S. The fourth-order valence-corrected chi connectivity index (χ4v) is 2.13. The maximum Gasteiger partial charge on any atom is 0.416 e. The largest absolute Gasteiger partial charge is 0.467 e. The zero-order valence-electron chi connectivity index (χ0n) is 11.1. The van der Waals surface area contributed by atoms with Crippen LogP contribution < -0.4 is 10.6 Å². The summed E-state index contributed by atoms with van der Waals surface area (Å²) in [5, 5.41) is 0. The number of halogens is 3. The van der Waals surface area contributed by atoms with Crippen molar-refractivity contribution < 1.29 is 17.6 Å². The second-order valence-corrected chi connectivity index (χ2v) is 4.97. The Morgan fingerprint density at radius 3 is 2.57 bits per heavy atom. The Hall–Kier alpha value is -2.02. The van der Waals surface area contributed by atoms with Crippen molar-refractivity contribution in [3.8, 4) is 0 Å². The monoisotopic (exact) mass is 314 g/mol. The Morgan fingerprint density at radius 1 is 1.33 bits per heavy atom. The smallest absolute Gasteiger partial charge is 0.416 e. The molecule has 0 saturated heterocycles. The van der Waals surface area contributed by atoms with Crippen molar-refractivity contribution in [2.75, 3.05) is 11.9 Å². The summed E-state index contributed by atoms with van der Waals surface area (Å²) in [4.78, 5) is 1.65. The molecule has 1 heterocycles. The molecule has 0 unspecified atom stereocenters. The van der Waals surface area contributed by atoms with Crippen LogP contribution in [0.1, 0.15) is 16.9 Å². The molecular weight excluding hydrogens is 301 g/mol. The third-order valence-corrected chi connectivity index (χ3v) is 3.19. The lowest BCUT2D eigenvalue weighted by Gasteiger charge is -2.22. The first-order chi connectivity index (χ1) is 9.79. The molecule has 0 amide bonds. The van der Waals surface area contributed by atoms with Gasteiger partial charge in [0, 0.05) is 18.3 Å². The fraction of sp³-hybridized carbons (Fsp3) is 0.214. The molecular formula is C14H13F3N2OS. The molecule has 0 saturated carbocycles. The molecule has 0 aliphatic rings. The van der Waals surface area contributed by atoms with Crippen LogP contribution in [0.15, 0.2) is 41.0 Å². The number of benzene rings is 1. The minimum atomic E-state index is -4.43. The second kappa shape index (κ2) is 5.77. The maximum atomic E-state index is 12.8. The zero-order chi connectivity index (χ0) is 15.6. The first kappa shape index (κ1) is 15.4. The molecule has 2 N–H and O–H groups in total. The molecule has 1 aromatic carbocycles. The van der Waals surface area contributed by atoms with Crippen LogP contribution in [0.25, 0.3) is 0 Å². The van der Waals surface area contributed by atoms with Crippen molar-refractivity contribution in [3.63, 3.8) is 0 Å². The van der Waals surface area contributed by atoms with Crippen LogP contribution in [0.2, 0.25) is 0 Å². The molecule has 0 bridgehead atoms. The van der Waals surface area contributed by atoms with Gasteiger partial charge in [0.2, 0.25) is 0 Å². The minimum Gasteiger partial charge on any atom is -0.467 e.